The second-order valence-electron chi connectivity index (χ2n) is 5.43. The second kappa shape index (κ2) is 7.47. The van der Waals surface area contributed by atoms with Gasteiger partial charge in [0, 0.05) is 10.6 Å². The molecule has 3 nitrogen and oxygen atoms in total. The van der Waals surface area contributed by atoms with E-state index in [9.17, 15) is 5.11 Å². The van der Waals surface area contributed by atoms with Crippen molar-refractivity contribution in [3.05, 3.63) is 83.1 Å². The van der Waals surface area contributed by atoms with Crippen LogP contribution in [0.25, 0.3) is 11.3 Å². The molecule has 0 saturated carbocycles. The first kappa shape index (κ1) is 15.8. The number of benzene rings is 2. The summed E-state index contributed by atoms with van der Waals surface area (Å²) >= 11 is 6.00. The van der Waals surface area contributed by atoms with Crippen LogP contribution in [-0.4, -0.2) is 11.7 Å². The molecule has 4 heteroatoms. The summed E-state index contributed by atoms with van der Waals surface area (Å²) in [6.45, 7) is 1.28. The molecule has 1 heterocycles. The summed E-state index contributed by atoms with van der Waals surface area (Å²) in [7, 11) is 0. The molecular formula is C19H19ClNO2+. The van der Waals surface area contributed by atoms with Gasteiger partial charge in [-0.3, -0.25) is 0 Å². The molecule has 0 fully saturated rings. The molecule has 1 atom stereocenters. The van der Waals surface area contributed by atoms with E-state index in [1.54, 1.807) is 0 Å². The SMILES string of the molecule is O[C@@H](C[NH2+]Cc1ccc(-c2cccc(Cl)c2)o1)c1ccccc1. The van der Waals surface area contributed by atoms with Crippen molar-refractivity contribution in [2.75, 3.05) is 6.54 Å². The summed E-state index contributed by atoms with van der Waals surface area (Å²) in [6.07, 6.45) is -0.474. The van der Waals surface area contributed by atoms with Gasteiger partial charge in [0.25, 0.3) is 0 Å². The summed E-state index contributed by atoms with van der Waals surface area (Å²) in [5.74, 6) is 1.68. The van der Waals surface area contributed by atoms with Crippen LogP contribution in [0.3, 0.4) is 0 Å². The largest absolute Gasteiger partial charge is 0.455 e. The molecule has 3 N–H and O–H groups in total. The Labute approximate surface area is 140 Å². The molecule has 2 aromatic carbocycles. The van der Waals surface area contributed by atoms with Crippen LogP contribution in [0, 0.1) is 0 Å². The van der Waals surface area contributed by atoms with Crippen LogP contribution < -0.4 is 5.32 Å². The summed E-state index contributed by atoms with van der Waals surface area (Å²) in [6, 6.07) is 21.2. The van der Waals surface area contributed by atoms with E-state index in [0.29, 0.717) is 18.1 Å². The number of aliphatic hydroxyl groups excluding tert-OH is 1. The zero-order valence-corrected chi connectivity index (χ0v) is 13.4. The third-order valence-corrected chi connectivity index (χ3v) is 3.93. The predicted molar refractivity (Wildman–Crippen MR) is 91.1 cm³/mol. The Hall–Kier alpha value is -2.07. The lowest BCUT2D eigenvalue weighted by Crippen LogP contribution is -2.83. The number of furan rings is 1. The van der Waals surface area contributed by atoms with Crippen molar-refractivity contribution in [2.45, 2.75) is 12.6 Å². The van der Waals surface area contributed by atoms with Gasteiger partial charge >= 0.3 is 0 Å². The van der Waals surface area contributed by atoms with Crippen LogP contribution in [0.5, 0.6) is 0 Å². The molecule has 0 unspecified atom stereocenters. The minimum Gasteiger partial charge on any atom is -0.455 e. The van der Waals surface area contributed by atoms with Gasteiger partial charge in [-0.15, -0.1) is 0 Å². The maximum atomic E-state index is 10.1. The van der Waals surface area contributed by atoms with Crippen molar-refractivity contribution in [3.63, 3.8) is 0 Å². The van der Waals surface area contributed by atoms with E-state index in [1.807, 2.05) is 72.0 Å². The Bertz CT molecular complexity index is 755. The van der Waals surface area contributed by atoms with Crippen molar-refractivity contribution in [1.82, 2.24) is 0 Å². The molecule has 0 aliphatic carbocycles. The topological polar surface area (TPSA) is 50.0 Å². The molecule has 0 aliphatic rings. The summed E-state index contributed by atoms with van der Waals surface area (Å²) in [4.78, 5) is 0. The van der Waals surface area contributed by atoms with E-state index in [2.05, 4.69) is 0 Å². The number of halogens is 1. The van der Waals surface area contributed by atoms with Gasteiger partial charge in [-0.1, -0.05) is 54.1 Å². The van der Waals surface area contributed by atoms with Crippen molar-refractivity contribution < 1.29 is 14.8 Å². The monoisotopic (exact) mass is 328 g/mol. The first-order valence-electron chi connectivity index (χ1n) is 7.62. The number of nitrogens with two attached hydrogens (primary N) is 1. The molecule has 1 aromatic heterocycles. The van der Waals surface area contributed by atoms with E-state index in [4.69, 9.17) is 16.0 Å². The predicted octanol–water partition coefficient (Wildman–Crippen LogP) is 3.40. The van der Waals surface area contributed by atoms with Crippen LogP contribution in [-0.2, 0) is 6.54 Å². The van der Waals surface area contributed by atoms with E-state index >= 15 is 0 Å². The molecule has 0 bridgehead atoms. The average molecular weight is 329 g/mol. The lowest BCUT2D eigenvalue weighted by molar-refractivity contribution is -0.679. The smallest absolute Gasteiger partial charge is 0.158 e. The molecule has 0 spiro atoms. The third kappa shape index (κ3) is 4.23. The van der Waals surface area contributed by atoms with E-state index in [-0.39, 0.29) is 0 Å². The number of quaternary nitrogens is 1. The van der Waals surface area contributed by atoms with E-state index < -0.39 is 6.10 Å². The third-order valence-electron chi connectivity index (χ3n) is 3.69. The van der Waals surface area contributed by atoms with Crippen LogP contribution in [0.15, 0.2) is 71.1 Å². The first-order chi connectivity index (χ1) is 11.2. The van der Waals surface area contributed by atoms with Gasteiger partial charge in [-0.05, 0) is 29.8 Å². The van der Waals surface area contributed by atoms with Crippen molar-refractivity contribution in [2.24, 2.45) is 0 Å². The van der Waals surface area contributed by atoms with Crippen LogP contribution >= 0.6 is 11.6 Å². The highest BCUT2D eigenvalue weighted by atomic mass is 35.5. The maximum Gasteiger partial charge on any atom is 0.158 e. The zero-order valence-electron chi connectivity index (χ0n) is 12.7. The fourth-order valence-electron chi connectivity index (χ4n) is 2.48. The highest BCUT2D eigenvalue weighted by Crippen LogP contribution is 2.24. The highest BCUT2D eigenvalue weighted by Gasteiger charge is 2.10. The van der Waals surface area contributed by atoms with Gasteiger partial charge in [0.1, 0.15) is 25.0 Å². The molecule has 0 saturated heterocycles. The molecule has 0 radical (unpaired) electrons. The summed E-state index contributed by atoms with van der Waals surface area (Å²) in [5, 5.41) is 12.9. The number of hydrogen-bond acceptors (Lipinski definition) is 2. The molecule has 23 heavy (non-hydrogen) atoms. The normalized spacial score (nSPS) is 12.3. The van der Waals surface area contributed by atoms with E-state index in [1.165, 1.54) is 0 Å². The minimum atomic E-state index is -0.474. The average Bonchev–Trinajstić information content (AvgIpc) is 3.04. The molecule has 0 amide bonds. The Morgan fingerprint density at radius 2 is 1.83 bits per heavy atom. The molecular weight excluding hydrogens is 310 g/mol. The fourth-order valence-corrected chi connectivity index (χ4v) is 2.67. The van der Waals surface area contributed by atoms with Gasteiger partial charge in [-0.25, -0.2) is 0 Å². The van der Waals surface area contributed by atoms with Gasteiger partial charge in [0.05, 0.1) is 0 Å². The van der Waals surface area contributed by atoms with E-state index in [0.717, 1.165) is 22.6 Å². The van der Waals surface area contributed by atoms with Gasteiger partial charge in [0.15, 0.2) is 5.76 Å². The van der Waals surface area contributed by atoms with Gasteiger partial charge in [-0.2, -0.15) is 0 Å². The Kier molecular flexibility index (Phi) is 5.13. The Balaban J connectivity index is 1.55. The zero-order chi connectivity index (χ0) is 16.1. The van der Waals surface area contributed by atoms with Crippen molar-refractivity contribution in [3.8, 4) is 11.3 Å². The van der Waals surface area contributed by atoms with Crippen molar-refractivity contribution >= 4 is 11.6 Å². The summed E-state index contributed by atoms with van der Waals surface area (Å²) in [5.41, 5.74) is 1.90. The lowest BCUT2D eigenvalue weighted by atomic mass is 10.1. The van der Waals surface area contributed by atoms with Crippen LogP contribution in [0.4, 0.5) is 0 Å². The number of hydrogen-bond donors (Lipinski definition) is 2. The molecule has 3 aromatic rings. The number of aliphatic hydroxyl groups is 1. The number of rotatable bonds is 6. The summed E-state index contributed by atoms with van der Waals surface area (Å²) < 4.78 is 5.84. The van der Waals surface area contributed by atoms with Crippen LogP contribution in [0.2, 0.25) is 5.02 Å². The van der Waals surface area contributed by atoms with Crippen LogP contribution in [0.1, 0.15) is 17.4 Å². The van der Waals surface area contributed by atoms with Gasteiger partial charge < -0.3 is 14.8 Å². The minimum absolute atomic E-state index is 0.474. The maximum absolute atomic E-state index is 10.1. The standard InChI is InChI=1S/C19H18ClNO2/c20-16-8-4-7-15(11-16)19-10-9-17(23-19)12-21-13-18(22)14-5-2-1-3-6-14/h1-11,18,21-22H,12-13H2/p+1/t18-/m0/s1. The Morgan fingerprint density at radius 1 is 1.00 bits per heavy atom. The van der Waals surface area contributed by atoms with Crippen molar-refractivity contribution in [1.29, 1.82) is 0 Å². The quantitative estimate of drug-likeness (QED) is 0.728. The molecule has 0 aliphatic heterocycles. The second-order valence-corrected chi connectivity index (χ2v) is 5.87. The van der Waals surface area contributed by atoms with Gasteiger partial charge in [0.2, 0.25) is 0 Å². The highest BCUT2D eigenvalue weighted by molar-refractivity contribution is 6.30. The molecule has 3 rings (SSSR count). The Morgan fingerprint density at radius 3 is 2.61 bits per heavy atom. The fraction of sp³-hybridized carbons (Fsp3) is 0.158. The molecule has 118 valence electrons. The first-order valence-corrected chi connectivity index (χ1v) is 7.99. The lowest BCUT2D eigenvalue weighted by Gasteiger charge is -2.08.